The van der Waals surface area contributed by atoms with E-state index in [1.54, 1.807) is 6.92 Å². The van der Waals surface area contributed by atoms with Crippen LogP contribution in [0.1, 0.15) is 37.0 Å². The van der Waals surface area contributed by atoms with Crippen LogP contribution in [0.15, 0.2) is 18.2 Å². The molecule has 1 aromatic carbocycles. The van der Waals surface area contributed by atoms with E-state index < -0.39 is 11.5 Å². The fourth-order valence-corrected chi connectivity index (χ4v) is 2.47. The molecule has 3 N–H and O–H groups in total. The first kappa shape index (κ1) is 14.7. The standard InChI is InChI=1S/C15H23NO2/c1-10-5-11(2)7-13(6-10)8-12(3)9-15(4,16)14(17)18/h5-7,12H,8-9,16H2,1-4H3,(H,17,18). The van der Waals surface area contributed by atoms with E-state index >= 15 is 0 Å². The van der Waals surface area contributed by atoms with Crippen molar-refractivity contribution in [1.29, 1.82) is 0 Å². The Hall–Kier alpha value is -1.35. The number of carboxylic acid groups (broad SMARTS) is 1. The Labute approximate surface area is 109 Å². The Balaban J connectivity index is 2.70. The maximum Gasteiger partial charge on any atom is 0.323 e. The van der Waals surface area contributed by atoms with Gasteiger partial charge in [0.15, 0.2) is 0 Å². The van der Waals surface area contributed by atoms with Crippen LogP contribution >= 0.6 is 0 Å². The number of carboxylic acids is 1. The Morgan fingerprint density at radius 3 is 2.28 bits per heavy atom. The first-order chi connectivity index (χ1) is 8.20. The summed E-state index contributed by atoms with van der Waals surface area (Å²) >= 11 is 0. The minimum absolute atomic E-state index is 0.247. The average Bonchev–Trinajstić information content (AvgIpc) is 2.13. The number of hydrogen-bond donors (Lipinski definition) is 2. The normalized spacial score (nSPS) is 16.1. The highest BCUT2D eigenvalue weighted by molar-refractivity contribution is 5.77. The molecule has 0 amide bonds. The van der Waals surface area contributed by atoms with Gasteiger partial charge in [-0.2, -0.15) is 0 Å². The van der Waals surface area contributed by atoms with Gasteiger partial charge >= 0.3 is 5.97 Å². The number of rotatable bonds is 5. The third kappa shape index (κ3) is 4.15. The van der Waals surface area contributed by atoms with Gasteiger partial charge < -0.3 is 10.8 Å². The third-order valence-corrected chi connectivity index (χ3v) is 3.13. The van der Waals surface area contributed by atoms with E-state index in [4.69, 9.17) is 10.8 Å². The maximum atomic E-state index is 11.0. The van der Waals surface area contributed by atoms with Crippen LogP contribution in [0.2, 0.25) is 0 Å². The van der Waals surface area contributed by atoms with E-state index in [0.29, 0.717) is 6.42 Å². The van der Waals surface area contributed by atoms with Crippen LogP contribution in [0.5, 0.6) is 0 Å². The zero-order valence-electron chi connectivity index (χ0n) is 11.7. The van der Waals surface area contributed by atoms with Gasteiger partial charge in [-0.3, -0.25) is 4.79 Å². The van der Waals surface area contributed by atoms with Gasteiger partial charge in [-0.15, -0.1) is 0 Å². The predicted octanol–water partition coefficient (Wildman–Crippen LogP) is 2.67. The van der Waals surface area contributed by atoms with E-state index in [1.165, 1.54) is 16.7 Å². The summed E-state index contributed by atoms with van der Waals surface area (Å²) in [6.07, 6.45) is 1.35. The van der Waals surface area contributed by atoms with Gasteiger partial charge in [0.05, 0.1) is 0 Å². The fourth-order valence-electron chi connectivity index (χ4n) is 2.47. The van der Waals surface area contributed by atoms with Gasteiger partial charge in [0.2, 0.25) is 0 Å². The molecule has 2 unspecified atom stereocenters. The highest BCUT2D eigenvalue weighted by Gasteiger charge is 2.29. The summed E-state index contributed by atoms with van der Waals surface area (Å²) in [5.41, 5.74) is 8.37. The molecule has 100 valence electrons. The molecule has 0 aromatic heterocycles. The van der Waals surface area contributed by atoms with E-state index in [0.717, 1.165) is 6.42 Å². The van der Waals surface area contributed by atoms with Crippen LogP contribution in [0.4, 0.5) is 0 Å². The molecule has 2 atom stereocenters. The molecule has 0 heterocycles. The smallest absolute Gasteiger partial charge is 0.323 e. The van der Waals surface area contributed by atoms with Gasteiger partial charge in [-0.1, -0.05) is 36.2 Å². The van der Waals surface area contributed by atoms with Crippen molar-refractivity contribution in [3.05, 3.63) is 34.9 Å². The second kappa shape index (κ2) is 5.53. The van der Waals surface area contributed by atoms with E-state index in [1.807, 2.05) is 6.92 Å². The van der Waals surface area contributed by atoms with Crippen molar-refractivity contribution in [3.63, 3.8) is 0 Å². The van der Waals surface area contributed by atoms with Crippen LogP contribution in [-0.2, 0) is 11.2 Å². The van der Waals surface area contributed by atoms with Gasteiger partial charge in [-0.05, 0) is 45.1 Å². The molecule has 3 nitrogen and oxygen atoms in total. The molecule has 0 spiro atoms. The summed E-state index contributed by atoms with van der Waals surface area (Å²) in [4.78, 5) is 11.0. The second-order valence-corrected chi connectivity index (χ2v) is 5.73. The SMILES string of the molecule is Cc1cc(C)cc(CC(C)CC(C)(N)C(=O)O)c1. The Bertz CT molecular complexity index is 418. The topological polar surface area (TPSA) is 63.3 Å². The number of hydrogen-bond acceptors (Lipinski definition) is 2. The van der Waals surface area contributed by atoms with Crippen molar-refractivity contribution >= 4 is 5.97 Å². The molecular formula is C15H23NO2. The van der Waals surface area contributed by atoms with Crippen molar-refractivity contribution < 1.29 is 9.90 Å². The quantitative estimate of drug-likeness (QED) is 0.843. The lowest BCUT2D eigenvalue weighted by atomic mass is 9.86. The Morgan fingerprint density at radius 2 is 1.83 bits per heavy atom. The maximum absolute atomic E-state index is 11.0. The summed E-state index contributed by atoms with van der Waals surface area (Å²) in [5.74, 6) is -0.688. The van der Waals surface area contributed by atoms with E-state index in [2.05, 4.69) is 32.0 Å². The molecule has 1 rings (SSSR count). The zero-order chi connectivity index (χ0) is 13.9. The van der Waals surface area contributed by atoms with Crippen LogP contribution in [0.25, 0.3) is 0 Å². The number of benzene rings is 1. The van der Waals surface area contributed by atoms with Gasteiger partial charge in [-0.25, -0.2) is 0 Å². The highest BCUT2D eigenvalue weighted by atomic mass is 16.4. The van der Waals surface area contributed by atoms with Crippen molar-refractivity contribution in [1.82, 2.24) is 0 Å². The molecule has 0 radical (unpaired) electrons. The van der Waals surface area contributed by atoms with Crippen molar-refractivity contribution in [2.75, 3.05) is 0 Å². The second-order valence-electron chi connectivity index (χ2n) is 5.73. The molecule has 18 heavy (non-hydrogen) atoms. The Morgan fingerprint density at radius 1 is 1.33 bits per heavy atom. The molecule has 1 aromatic rings. The van der Waals surface area contributed by atoms with Gasteiger partial charge in [0, 0.05) is 0 Å². The lowest BCUT2D eigenvalue weighted by molar-refractivity contribution is -0.143. The number of nitrogens with two attached hydrogens (primary N) is 1. The van der Waals surface area contributed by atoms with Crippen molar-refractivity contribution in [3.8, 4) is 0 Å². The molecule has 0 fully saturated rings. The van der Waals surface area contributed by atoms with Crippen LogP contribution in [0.3, 0.4) is 0 Å². The van der Waals surface area contributed by atoms with Crippen LogP contribution in [-0.4, -0.2) is 16.6 Å². The van der Waals surface area contributed by atoms with Gasteiger partial charge in [0.1, 0.15) is 5.54 Å². The zero-order valence-corrected chi connectivity index (χ0v) is 11.7. The lowest BCUT2D eigenvalue weighted by Gasteiger charge is -2.23. The number of aliphatic carboxylic acids is 1. The van der Waals surface area contributed by atoms with E-state index in [-0.39, 0.29) is 5.92 Å². The first-order valence-electron chi connectivity index (χ1n) is 6.30. The minimum atomic E-state index is -1.14. The van der Waals surface area contributed by atoms with Crippen molar-refractivity contribution in [2.24, 2.45) is 11.7 Å². The Kier molecular flexibility index (Phi) is 4.52. The number of carbonyl (C=O) groups is 1. The molecule has 0 bridgehead atoms. The summed E-state index contributed by atoms with van der Waals surface area (Å²) in [7, 11) is 0. The van der Waals surface area contributed by atoms with Crippen LogP contribution in [0, 0.1) is 19.8 Å². The molecular weight excluding hydrogens is 226 g/mol. The van der Waals surface area contributed by atoms with E-state index in [9.17, 15) is 4.79 Å². The molecule has 0 aliphatic carbocycles. The molecule has 3 heteroatoms. The largest absolute Gasteiger partial charge is 0.480 e. The third-order valence-electron chi connectivity index (χ3n) is 3.13. The fraction of sp³-hybridized carbons (Fsp3) is 0.533. The van der Waals surface area contributed by atoms with Crippen molar-refractivity contribution in [2.45, 2.75) is 46.1 Å². The monoisotopic (exact) mass is 249 g/mol. The minimum Gasteiger partial charge on any atom is -0.480 e. The summed E-state index contributed by atoms with van der Waals surface area (Å²) in [6.45, 7) is 7.77. The molecule has 0 saturated heterocycles. The molecule has 0 saturated carbocycles. The average molecular weight is 249 g/mol. The highest BCUT2D eigenvalue weighted by Crippen LogP contribution is 2.20. The molecule has 0 aliphatic rings. The van der Waals surface area contributed by atoms with Crippen LogP contribution < -0.4 is 5.73 Å². The first-order valence-corrected chi connectivity index (χ1v) is 6.30. The number of aryl methyl sites for hydroxylation is 2. The summed E-state index contributed by atoms with van der Waals surface area (Å²) < 4.78 is 0. The summed E-state index contributed by atoms with van der Waals surface area (Å²) in [5, 5.41) is 9.02. The summed E-state index contributed by atoms with van der Waals surface area (Å²) in [6, 6.07) is 6.44. The molecule has 0 aliphatic heterocycles. The van der Waals surface area contributed by atoms with Gasteiger partial charge in [0.25, 0.3) is 0 Å². The lowest BCUT2D eigenvalue weighted by Crippen LogP contribution is -2.46. The predicted molar refractivity (Wildman–Crippen MR) is 73.6 cm³/mol.